The Morgan fingerprint density at radius 2 is 1.66 bits per heavy atom. The largest absolute Gasteiger partial charge is 0.351 e. The molecule has 3 amide bonds. The SMILES string of the molecule is CC1=CC(C2CCN(C(=O)CC3CCN(C(N)=O)CC3)CC2)c2c(Br)cc(C)cc2CC1. The van der Waals surface area contributed by atoms with Crippen LogP contribution in [-0.2, 0) is 11.2 Å². The van der Waals surface area contributed by atoms with Crippen LogP contribution in [0.3, 0.4) is 0 Å². The number of carbonyl (C=O) groups excluding carboxylic acids is 2. The Labute approximate surface area is 200 Å². The van der Waals surface area contributed by atoms with Crippen molar-refractivity contribution >= 4 is 27.9 Å². The van der Waals surface area contributed by atoms with Gasteiger partial charge in [-0.1, -0.05) is 33.6 Å². The van der Waals surface area contributed by atoms with Crippen LogP contribution >= 0.6 is 15.9 Å². The monoisotopic (exact) mass is 501 g/mol. The Balaban J connectivity index is 1.37. The van der Waals surface area contributed by atoms with Gasteiger partial charge in [0.2, 0.25) is 5.91 Å². The summed E-state index contributed by atoms with van der Waals surface area (Å²) in [4.78, 5) is 28.0. The first-order valence-electron chi connectivity index (χ1n) is 12.1. The molecular formula is C26H36BrN3O2. The number of benzene rings is 1. The van der Waals surface area contributed by atoms with Gasteiger partial charge in [-0.25, -0.2) is 4.79 Å². The Morgan fingerprint density at radius 3 is 2.31 bits per heavy atom. The van der Waals surface area contributed by atoms with Crippen molar-refractivity contribution in [2.75, 3.05) is 26.2 Å². The van der Waals surface area contributed by atoms with E-state index < -0.39 is 0 Å². The zero-order valence-electron chi connectivity index (χ0n) is 19.4. The second kappa shape index (κ2) is 9.98. The summed E-state index contributed by atoms with van der Waals surface area (Å²) in [5, 5.41) is 0. The van der Waals surface area contributed by atoms with Crippen LogP contribution in [0.25, 0.3) is 0 Å². The second-order valence-corrected chi connectivity index (χ2v) is 10.9. The van der Waals surface area contributed by atoms with Crippen LogP contribution in [-0.4, -0.2) is 47.9 Å². The minimum absolute atomic E-state index is 0.283. The predicted molar refractivity (Wildman–Crippen MR) is 131 cm³/mol. The molecule has 1 aromatic rings. The number of amides is 3. The van der Waals surface area contributed by atoms with Gasteiger partial charge in [-0.15, -0.1) is 0 Å². The number of primary amides is 1. The molecule has 0 radical (unpaired) electrons. The van der Waals surface area contributed by atoms with E-state index in [9.17, 15) is 9.59 Å². The molecule has 32 heavy (non-hydrogen) atoms. The van der Waals surface area contributed by atoms with E-state index in [-0.39, 0.29) is 11.9 Å². The van der Waals surface area contributed by atoms with Gasteiger partial charge in [0.1, 0.15) is 0 Å². The van der Waals surface area contributed by atoms with Gasteiger partial charge in [-0.05, 0) is 87.0 Å². The molecule has 0 bridgehead atoms. The van der Waals surface area contributed by atoms with E-state index in [1.54, 1.807) is 4.90 Å². The fourth-order valence-electron chi connectivity index (χ4n) is 5.82. The van der Waals surface area contributed by atoms with E-state index in [1.165, 1.54) is 26.7 Å². The zero-order chi connectivity index (χ0) is 22.8. The van der Waals surface area contributed by atoms with E-state index >= 15 is 0 Å². The van der Waals surface area contributed by atoms with Gasteiger partial charge in [0.15, 0.2) is 0 Å². The minimum atomic E-state index is -0.344. The van der Waals surface area contributed by atoms with Crippen molar-refractivity contribution in [3.63, 3.8) is 0 Å². The topological polar surface area (TPSA) is 66.6 Å². The van der Waals surface area contributed by atoms with E-state index in [0.717, 1.165) is 51.6 Å². The smallest absolute Gasteiger partial charge is 0.314 e. The summed E-state index contributed by atoms with van der Waals surface area (Å²) in [5.74, 6) is 1.65. The van der Waals surface area contributed by atoms with Gasteiger partial charge >= 0.3 is 6.03 Å². The number of aryl methyl sites for hydroxylation is 2. The van der Waals surface area contributed by atoms with E-state index in [1.807, 2.05) is 0 Å². The average Bonchev–Trinajstić information content (AvgIpc) is 2.93. The van der Waals surface area contributed by atoms with E-state index in [0.29, 0.717) is 37.3 Å². The Morgan fingerprint density at radius 1 is 1.00 bits per heavy atom. The summed E-state index contributed by atoms with van der Waals surface area (Å²) in [6.45, 7) is 7.50. The molecule has 1 atom stereocenters. The number of hydrogen-bond acceptors (Lipinski definition) is 2. The standard InChI is InChI=1S/C26H36BrN3O2/c1-17-3-4-21-13-18(2)15-23(27)25(21)22(14-17)20-7-11-29(12-8-20)24(31)16-19-5-9-30(10-6-19)26(28)32/h13-15,19-20,22H,3-12,16H2,1-2H3,(H2,28,32). The van der Waals surface area contributed by atoms with Crippen LogP contribution in [0.15, 0.2) is 28.3 Å². The van der Waals surface area contributed by atoms with Gasteiger partial charge in [0.25, 0.3) is 0 Å². The molecule has 2 saturated heterocycles. The van der Waals surface area contributed by atoms with Crippen LogP contribution in [0.5, 0.6) is 0 Å². The molecule has 174 valence electrons. The summed E-state index contributed by atoms with van der Waals surface area (Å²) < 4.78 is 1.24. The van der Waals surface area contributed by atoms with Crippen LogP contribution in [0.1, 0.15) is 68.1 Å². The first-order chi connectivity index (χ1) is 15.3. The molecule has 2 aliphatic heterocycles. The molecule has 3 aliphatic rings. The van der Waals surface area contributed by atoms with Crippen molar-refractivity contribution in [3.05, 3.63) is 44.9 Å². The molecule has 2 heterocycles. The lowest BCUT2D eigenvalue weighted by atomic mass is 9.78. The molecular weight excluding hydrogens is 466 g/mol. The van der Waals surface area contributed by atoms with Crippen molar-refractivity contribution in [1.82, 2.24) is 9.80 Å². The van der Waals surface area contributed by atoms with Crippen molar-refractivity contribution in [1.29, 1.82) is 0 Å². The number of allylic oxidation sites excluding steroid dienone is 2. The first-order valence-corrected chi connectivity index (χ1v) is 12.9. The van der Waals surface area contributed by atoms with Gasteiger partial charge in [-0.2, -0.15) is 0 Å². The fourth-order valence-corrected chi connectivity index (χ4v) is 6.70. The summed E-state index contributed by atoms with van der Waals surface area (Å²) in [7, 11) is 0. The Hall–Kier alpha value is -1.82. The quantitative estimate of drug-likeness (QED) is 0.581. The Bertz CT molecular complexity index is 897. The summed E-state index contributed by atoms with van der Waals surface area (Å²) in [6, 6.07) is 4.27. The third-order valence-corrected chi connectivity index (χ3v) is 8.39. The molecule has 1 unspecified atom stereocenters. The van der Waals surface area contributed by atoms with Crippen molar-refractivity contribution in [2.24, 2.45) is 17.6 Å². The van der Waals surface area contributed by atoms with Crippen LogP contribution in [0, 0.1) is 18.8 Å². The molecule has 2 fully saturated rings. The molecule has 5 nitrogen and oxygen atoms in total. The molecule has 0 aromatic heterocycles. The number of urea groups is 1. The molecule has 4 rings (SSSR count). The number of likely N-dealkylation sites (tertiary alicyclic amines) is 2. The van der Waals surface area contributed by atoms with Crippen LogP contribution in [0.2, 0.25) is 0 Å². The van der Waals surface area contributed by atoms with Crippen molar-refractivity contribution < 1.29 is 9.59 Å². The number of nitrogens with zero attached hydrogens (tertiary/aromatic N) is 2. The van der Waals surface area contributed by atoms with E-state index in [4.69, 9.17) is 5.73 Å². The highest BCUT2D eigenvalue weighted by atomic mass is 79.9. The Kier molecular flexibility index (Phi) is 7.28. The zero-order valence-corrected chi connectivity index (χ0v) is 21.0. The highest BCUT2D eigenvalue weighted by Gasteiger charge is 2.32. The van der Waals surface area contributed by atoms with E-state index in [2.05, 4.69) is 52.9 Å². The highest BCUT2D eigenvalue weighted by molar-refractivity contribution is 9.10. The van der Waals surface area contributed by atoms with Gasteiger partial charge in [-0.3, -0.25) is 4.79 Å². The molecule has 1 aromatic carbocycles. The van der Waals surface area contributed by atoms with Crippen LogP contribution < -0.4 is 5.73 Å². The average molecular weight is 502 g/mol. The first kappa shape index (κ1) is 23.3. The maximum Gasteiger partial charge on any atom is 0.314 e. The molecule has 2 N–H and O–H groups in total. The van der Waals surface area contributed by atoms with Gasteiger partial charge < -0.3 is 15.5 Å². The number of piperidine rings is 2. The number of rotatable bonds is 3. The number of halogens is 1. The van der Waals surface area contributed by atoms with Gasteiger partial charge in [0.05, 0.1) is 0 Å². The third kappa shape index (κ3) is 5.22. The predicted octanol–water partition coefficient (Wildman–Crippen LogP) is 5.15. The lowest BCUT2D eigenvalue weighted by molar-refractivity contribution is -0.134. The number of carbonyl (C=O) groups is 2. The maximum absolute atomic E-state index is 13.0. The number of fused-ring (bicyclic) bond motifs is 1. The second-order valence-electron chi connectivity index (χ2n) is 10.0. The summed E-state index contributed by atoms with van der Waals surface area (Å²) in [6.07, 6.45) is 9.21. The van der Waals surface area contributed by atoms with Crippen LogP contribution in [0.4, 0.5) is 4.79 Å². The molecule has 1 aliphatic carbocycles. The number of nitrogens with two attached hydrogens (primary N) is 1. The molecule has 0 saturated carbocycles. The number of hydrogen-bond donors (Lipinski definition) is 1. The lowest BCUT2D eigenvalue weighted by Crippen LogP contribution is -2.44. The highest BCUT2D eigenvalue weighted by Crippen LogP contribution is 2.42. The third-order valence-electron chi connectivity index (χ3n) is 7.74. The summed E-state index contributed by atoms with van der Waals surface area (Å²) >= 11 is 3.87. The van der Waals surface area contributed by atoms with Gasteiger partial charge in [0, 0.05) is 43.0 Å². The van der Waals surface area contributed by atoms with Crippen molar-refractivity contribution in [3.8, 4) is 0 Å². The maximum atomic E-state index is 13.0. The molecule has 0 spiro atoms. The summed E-state index contributed by atoms with van der Waals surface area (Å²) in [5.41, 5.74) is 11.1. The lowest BCUT2D eigenvalue weighted by Gasteiger charge is -2.37. The van der Waals surface area contributed by atoms with Crippen molar-refractivity contribution in [2.45, 2.75) is 64.7 Å². The molecule has 6 heteroatoms. The normalized spacial score (nSPS) is 22.8. The minimum Gasteiger partial charge on any atom is -0.351 e. The fraction of sp³-hybridized carbons (Fsp3) is 0.615.